The fraction of sp³-hybridized carbons (Fsp3) is 0.158. The van der Waals surface area contributed by atoms with Gasteiger partial charge < -0.3 is 9.47 Å². The van der Waals surface area contributed by atoms with Crippen molar-refractivity contribution in [2.24, 2.45) is 0 Å². The highest BCUT2D eigenvalue weighted by atomic mass is 16.2. The molecule has 0 atom stereocenters. The van der Waals surface area contributed by atoms with Crippen molar-refractivity contribution >= 4 is 17.1 Å². The van der Waals surface area contributed by atoms with Gasteiger partial charge in [0.15, 0.2) is 5.65 Å². The van der Waals surface area contributed by atoms with Crippen molar-refractivity contribution in [1.29, 1.82) is 0 Å². The number of fused-ring (bicyclic) bond motifs is 2. The Bertz CT molecular complexity index is 1100. The maximum Gasteiger partial charge on any atom is 0.255 e. The number of carbonyl (C=O) groups excluding carboxylic acids is 1. The van der Waals surface area contributed by atoms with Gasteiger partial charge in [-0.3, -0.25) is 9.36 Å². The topological polar surface area (TPSA) is 68.8 Å². The highest BCUT2D eigenvalue weighted by Gasteiger charge is 2.23. The Labute approximate surface area is 149 Å². The minimum absolute atomic E-state index is 0.0390. The lowest BCUT2D eigenvalue weighted by Gasteiger charge is -2.27. The summed E-state index contributed by atoms with van der Waals surface area (Å²) >= 11 is 0. The fourth-order valence-electron chi connectivity index (χ4n) is 3.33. The van der Waals surface area contributed by atoms with Crippen LogP contribution < -0.4 is 0 Å². The lowest BCUT2D eigenvalue weighted by Crippen LogP contribution is -2.38. The summed E-state index contributed by atoms with van der Waals surface area (Å²) in [7, 11) is 0. The van der Waals surface area contributed by atoms with Gasteiger partial charge in [0.25, 0.3) is 5.91 Å². The fourth-order valence-corrected chi connectivity index (χ4v) is 3.33. The molecule has 0 fully saturated rings. The lowest BCUT2D eigenvalue weighted by atomic mass is 10.2. The van der Waals surface area contributed by atoms with Crippen molar-refractivity contribution in [1.82, 2.24) is 29.0 Å². The van der Waals surface area contributed by atoms with Gasteiger partial charge in [0.2, 0.25) is 0 Å². The number of rotatable bonds is 2. The van der Waals surface area contributed by atoms with Crippen molar-refractivity contribution in [3.8, 4) is 5.69 Å². The van der Waals surface area contributed by atoms with Crippen LogP contribution in [0.1, 0.15) is 16.2 Å². The Kier molecular flexibility index (Phi) is 3.31. The van der Waals surface area contributed by atoms with Gasteiger partial charge in [0.1, 0.15) is 17.7 Å². The highest BCUT2D eigenvalue weighted by Crippen LogP contribution is 2.19. The summed E-state index contributed by atoms with van der Waals surface area (Å²) in [5, 5.41) is 0. The molecule has 1 aliphatic heterocycles. The van der Waals surface area contributed by atoms with E-state index in [2.05, 4.69) is 19.5 Å². The standard InChI is InChI=1S/C19H16N6O/c26-19(24-9-8-23-7-6-20-17(23)12-24)14-10-16-18(21-11-14)25(13-22-16)15-4-2-1-3-5-15/h1-7,10-11,13H,8-9,12H2. The van der Waals surface area contributed by atoms with Crippen molar-refractivity contribution in [3.63, 3.8) is 0 Å². The Hall–Kier alpha value is -3.48. The SMILES string of the molecule is O=C(c1cnc2c(c1)ncn2-c1ccccc1)N1CCn2ccnc2C1. The molecule has 26 heavy (non-hydrogen) atoms. The first-order valence-corrected chi connectivity index (χ1v) is 8.47. The number of para-hydroxylation sites is 1. The number of imidazole rings is 2. The minimum atomic E-state index is -0.0390. The van der Waals surface area contributed by atoms with Crippen LogP contribution in [0.3, 0.4) is 0 Å². The monoisotopic (exact) mass is 344 g/mol. The number of nitrogens with zero attached hydrogens (tertiary/aromatic N) is 6. The summed E-state index contributed by atoms with van der Waals surface area (Å²) in [5.74, 6) is 0.870. The predicted octanol–water partition coefficient (Wildman–Crippen LogP) is 2.27. The highest BCUT2D eigenvalue weighted by molar-refractivity contribution is 5.96. The lowest BCUT2D eigenvalue weighted by molar-refractivity contribution is 0.0707. The molecule has 3 aromatic heterocycles. The molecular weight excluding hydrogens is 328 g/mol. The second kappa shape index (κ2) is 5.80. The number of amides is 1. The first-order chi connectivity index (χ1) is 12.8. The summed E-state index contributed by atoms with van der Waals surface area (Å²) in [5.41, 5.74) is 2.99. The number of carbonyl (C=O) groups is 1. The molecule has 128 valence electrons. The average Bonchev–Trinajstić information content (AvgIpc) is 3.33. The smallest absolute Gasteiger partial charge is 0.255 e. The van der Waals surface area contributed by atoms with Crippen molar-refractivity contribution in [2.45, 2.75) is 13.1 Å². The number of benzene rings is 1. The quantitative estimate of drug-likeness (QED) is 0.559. The number of aromatic nitrogens is 5. The minimum Gasteiger partial charge on any atom is -0.332 e. The predicted molar refractivity (Wildman–Crippen MR) is 95.8 cm³/mol. The van der Waals surface area contributed by atoms with E-state index in [0.717, 1.165) is 23.7 Å². The van der Waals surface area contributed by atoms with Crippen molar-refractivity contribution in [3.05, 3.63) is 72.7 Å². The zero-order chi connectivity index (χ0) is 17.5. The molecule has 1 amide bonds. The second-order valence-corrected chi connectivity index (χ2v) is 6.28. The molecule has 0 saturated carbocycles. The van der Waals surface area contributed by atoms with Gasteiger partial charge in [-0.25, -0.2) is 15.0 Å². The Morgan fingerprint density at radius 3 is 2.81 bits per heavy atom. The van der Waals surface area contributed by atoms with E-state index in [9.17, 15) is 4.79 Å². The number of hydrogen-bond donors (Lipinski definition) is 0. The van der Waals surface area contributed by atoms with E-state index in [1.54, 1.807) is 23.6 Å². The number of pyridine rings is 1. The second-order valence-electron chi connectivity index (χ2n) is 6.28. The average molecular weight is 344 g/mol. The van der Waals surface area contributed by atoms with E-state index in [4.69, 9.17) is 0 Å². The maximum atomic E-state index is 12.9. The third-order valence-electron chi connectivity index (χ3n) is 4.70. The van der Waals surface area contributed by atoms with E-state index >= 15 is 0 Å². The van der Waals surface area contributed by atoms with Crippen LogP contribution >= 0.6 is 0 Å². The maximum absolute atomic E-state index is 12.9. The molecule has 4 aromatic rings. The molecule has 0 spiro atoms. The molecule has 1 aliphatic rings. The first kappa shape index (κ1) is 14.8. The molecule has 7 nitrogen and oxygen atoms in total. The molecule has 0 bridgehead atoms. The van der Waals surface area contributed by atoms with E-state index in [-0.39, 0.29) is 5.91 Å². The van der Waals surface area contributed by atoms with Crippen molar-refractivity contribution in [2.75, 3.05) is 6.54 Å². The van der Waals surface area contributed by atoms with E-state index < -0.39 is 0 Å². The van der Waals surface area contributed by atoms with Gasteiger partial charge in [-0.1, -0.05) is 18.2 Å². The molecule has 7 heteroatoms. The zero-order valence-electron chi connectivity index (χ0n) is 14.0. The molecule has 4 heterocycles. The van der Waals surface area contributed by atoms with Crippen LogP contribution in [0.2, 0.25) is 0 Å². The summed E-state index contributed by atoms with van der Waals surface area (Å²) in [6, 6.07) is 11.7. The van der Waals surface area contributed by atoms with Gasteiger partial charge >= 0.3 is 0 Å². The van der Waals surface area contributed by atoms with Gasteiger partial charge in [-0.15, -0.1) is 0 Å². The van der Waals surface area contributed by atoms with Gasteiger partial charge in [-0.05, 0) is 18.2 Å². The largest absolute Gasteiger partial charge is 0.332 e. The molecule has 0 aliphatic carbocycles. The van der Waals surface area contributed by atoms with Crippen LogP contribution in [0.25, 0.3) is 16.9 Å². The molecule has 1 aromatic carbocycles. The van der Waals surface area contributed by atoms with Crippen molar-refractivity contribution < 1.29 is 4.79 Å². The summed E-state index contributed by atoms with van der Waals surface area (Å²) in [4.78, 5) is 27.9. The van der Waals surface area contributed by atoms with E-state index in [0.29, 0.717) is 24.2 Å². The van der Waals surface area contributed by atoms with Crippen LogP contribution in [0.4, 0.5) is 0 Å². The van der Waals surface area contributed by atoms with Crippen LogP contribution in [0.5, 0.6) is 0 Å². The molecule has 0 radical (unpaired) electrons. The summed E-state index contributed by atoms with van der Waals surface area (Å²) in [6.45, 7) is 1.94. The Balaban J connectivity index is 1.46. The van der Waals surface area contributed by atoms with Gasteiger partial charge in [0, 0.05) is 37.4 Å². The van der Waals surface area contributed by atoms with Crippen LogP contribution in [0, 0.1) is 0 Å². The summed E-state index contributed by atoms with van der Waals surface area (Å²) < 4.78 is 3.99. The van der Waals surface area contributed by atoms with Gasteiger partial charge in [0.05, 0.1) is 12.1 Å². The number of hydrogen-bond acceptors (Lipinski definition) is 4. The summed E-state index contributed by atoms with van der Waals surface area (Å²) in [6.07, 6.45) is 7.08. The Morgan fingerprint density at radius 2 is 1.92 bits per heavy atom. The molecule has 5 rings (SSSR count). The van der Waals surface area contributed by atoms with E-state index in [1.165, 1.54) is 0 Å². The van der Waals surface area contributed by atoms with Crippen LogP contribution in [-0.2, 0) is 13.1 Å². The van der Waals surface area contributed by atoms with E-state index in [1.807, 2.05) is 47.2 Å². The Morgan fingerprint density at radius 1 is 1.04 bits per heavy atom. The first-order valence-electron chi connectivity index (χ1n) is 8.47. The molecule has 0 N–H and O–H groups in total. The third kappa shape index (κ3) is 2.36. The third-order valence-corrected chi connectivity index (χ3v) is 4.70. The molecule has 0 saturated heterocycles. The van der Waals surface area contributed by atoms with Crippen LogP contribution in [0.15, 0.2) is 61.3 Å². The normalized spacial score (nSPS) is 13.8. The molecular formula is C19H16N6O. The van der Waals surface area contributed by atoms with Gasteiger partial charge in [-0.2, -0.15) is 0 Å². The molecule has 0 unspecified atom stereocenters. The zero-order valence-corrected chi connectivity index (χ0v) is 14.0. The van der Waals surface area contributed by atoms with Crippen LogP contribution in [-0.4, -0.2) is 41.4 Å².